The molecule has 0 aliphatic heterocycles. The van der Waals surface area contributed by atoms with Crippen LogP contribution >= 0.6 is 0 Å². The summed E-state index contributed by atoms with van der Waals surface area (Å²) >= 11 is 0. The Morgan fingerprint density at radius 2 is 0.967 bits per heavy atom. The Hall–Kier alpha value is -6.64. The van der Waals surface area contributed by atoms with Gasteiger partial charge in [-0.25, -0.2) is 0 Å². The van der Waals surface area contributed by atoms with Crippen molar-refractivity contribution in [2.75, 3.05) is 4.90 Å². The number of hydrogen-bond acceptors (Lipinski definition) is 1. The fraction of sp³-hybridized carbons (Fsp3) is 0.172. The quantitative estimate of drug-likeness (QED) is 0.163. The number of benzene rings is 8. The molecule has 0 radical (unpaired) electrons. The van der Waals surface area contributed by atoms with Gasteiger partial charge in [0.2, 0.25) is 0 Å². The molecule has 9 aromatic rings. The molecule has 1 aromatic heterocycles. The lowest BCUT2D eigenvalue weighted by atomic mass is 9.43. The first kappa shape index (κ1) is 34.2. The fourth-order valence-corrected chi connectivity index (χ4v) is 13.1. The minimum absolute atomic E-state index is 0.113. The number of aromatic nitrogens is 1. The van der Waals surface area contributed by atoms with Crippen molar-refractivity contribution in [3.8, 4) is 39.1 Å². The summed E-state index contributed by atoms with van der Waals surface area (Å²) in [4.78, 5) is 2.53. The molecule has 2 nitrogen and oxygen atoms in total. The van der Waals surface area contributed by atoms with Crippen LogP contribution in [0.25, 0.3) is 60.9 Å². The summed E-state index contributed by atoms with van der Waals surface area (Å²) in [6.45, 7) is 0. The van der Waals surface area contributed by atoms with Crippen LogP contribution in [-0.2, 0) is 5.41 Å². The maximum Gasteiger partial charge on any atom is 0.0542 e. The SMILES string of the molecule is c1ccc(-c2ccccc2N(c2ccc3c(c2)c2ccccc2n3-c2ccccc2)c2ccccc2-c2ccc3c(c2)C2(c4ccccc4-3)C3CC4CC(C3)CC2C4)cc1. The average molecular weight is 771 g/mol. The molecule has 0 atom stereocenters. The van der Waals surface area contributed by atoms with Crippen molar-refractivity contribution < 1.29 is 0 Å². The molecule has 60 heavy (non-hydrogen) atoms. The molecule has 1 spiro atoms. The Kier molecular flexibility index (Phi) is 7.52. The third-order valence-corrected chi connectivity index (χ3v) is 15.2. The van der Waals surface area contributed by atoms with E-state index in [2.05, 4.69) is 204 Å². The van der Waals surface area contributed by atoms with Gasteiger partial charge in [-0.15, -0.1) is 0 Å². The number of nitrogens with zero attached hydrogens (tertiary/aromatic N) is 2. The Labute approximate surface area is 352 Å². The van der Waals surface area contributed by atoms with E-state index in [1.807, 2.05) is 0 Å². The molecule has 8 aromatic carbocycles. The Bertz CT molecular complexity index is 3090. The van der Waals surface area contributed by atoms with Crippen molar-refractivity contribution >= 4 is 38.9 Å². The highest BCUT2D eigenvalue weighted by Crippen LogP contribution is 2.69. The minimum Gasteiger partial charge on any atom is -0.309 e. The second kappa shape index (κ2) is 13.2. The number of hydrogen-bond donors (Lipinski definition) is 0. The summed E-state index contributed by atoms with van der Waals surface area (Å²) in [7, 11) is 0. The molecule has 4 fully saturated rings. The van der Waals surface area contributed by atoms with Gasteiger partial charge in [-0.05, 0) is 144 Å². The molecule has 0 N–H and O–H groups in total. The molecule has 0 amide bonds. The molecule has 0 unspecified atom stereocenters. The predicted molar refractivity (Wildman–Crippen MR) is 250 cm³/mol. The normalized spacial score (nSPS) is 22.1. The molecular formula is C58H46N2. The van der Waals surface area contributed by atoms with Gasteiger partial charge in [0, 0.05) is 38.7 Å². The summed E-state index contributed by atoms with van der Waals surface area (Å²) < 4.78 is 2.41. The van der Waals surface area contributed by atoms with Gasteiger partial charge in [0.05, 0.1) is 22.4 Å². The van der Waals surface area contributed by atoms with Crippen molar-refractivity contribution in [1.29, 1.82) is 0 Å². The summed E-state index contributed by atoms with van der Waals surface area (Å²) in [5.74, 6) is 3.27. The highest BCUT2D eigenvalue weighted by Gasteiger charge is 2.61. The van der Waals surface area contributed by atoms with Gasteiger partial charge in [-0.3, -0.25) is 0 Å². The first-order valence-corrected chi connectivity index (χ1v) is 22.1. The molecule has 288 valence electrons. The number of rotatable bonds is 6. The van der Waals surface area contributed by atoms with Gasteiger partial charge in [0.25, 0.3) is 0 Å². The zero-order chi connectivity index (χ0) is 39.4. The van der Waals surface area contributed by atoms with Crippen LogP contribution in [0.1, 0.15) is 43.2 Å². The molecule has 4 bridgehead atoms. The maximum absolute atomic E-state index is 2.65. The lowest BCUT2D eigenvalue weighted by Gasteiger charge is -2.61. The molecule has 1 heterocycles. The summed E-state index contributed by atoms with van der Waals surface area (Å²) in [6.07, 6.45) is 7.00. The molecule has 5 aliphatic rings. The third-order valence-electron chi connectivity index (χ3n) is 15.2. The van der Waals surface area contributed by atoms with E-state index in [4.69, 9.17) is 0 Å². The molecule has 5 aliphatic carbocycles. The zero-order valence-electron chi connectivity index (χ0n) is 33.7. The molecule has 0 saturated heterocycles. The van der Waals surface area contributed by atoms with Crippen LogP contribution < -0.4 is 4.90 Å². The lowest BCUT2D eigenvalue weighted by Crippen LogP contribution is -2.55. The van der Waals surface area contributed by atoms with Crippen LogP contribution in [0.5, 0.6) is 0 Å². The highest BCUT2D eigenvalue weighted by atomic mass is 15.1. The van der Waals surface area contributed by atoms with E-state index in [0.29, 0.717) is 0 Å². The van der Waals surface area contributed by atoms with Crippen LogP contribution in [0.4, 0.5) is 17.1 Å². The van der Waals surface area contributed by atoms with E-state index in [0.717, 1.165) is 35.0 Å². The Morgan fingerprint density at radius 3 is 1.70 bits per heavy atom. The minimum atomic E-state index is 0.113. The van der Waals surface area contributed by atoms with Crippen molar-refractivity contribution in [2.24, 2.45) is 23.7 Å². The van der Waals surface area contributed by atoms with Crippen LogP contribution in [-0.4, -0.2) is 4.57 Å². The third kappa shape index (κ3) is 4.88. The van der Waals surface area contributed by atoms with Crippen LogP contribution in [0.2, 0.25) is 0 Å². The maximum atomic E-state index is 2.65. The number of para-hydroxylation sites is 4. The van der Waals surface area contributed by atoms with E-state index in [9.17, 15) is 0 Å². The van der Waals surface area contributed by atoms with Gasteiger partial charge in [0.1, 0.15) is 0 Å². The smallest absolute Gasteiger partial charge is 0.0542 e. The van der Waals surface area contributed by atoms with Crippen molar-refractivity contribution in [1.82, 2.24) is 4.57 Å². The van der Waals surface area contributed by atoms with Crippen LogP contribution in [0.15, 0.2) is 194 Å². The van der Waals surface area contributed by atoms with Crippen molar-refractivity contribution in [3.05, 3.63) is 205 Å². The summed E-state index contributed by atoms with van der Waals surface area (Å²) in [5.41, 5.74) is 18.3. The molecule has 2 heteroatoms. The van der Waals surface area contributed by atoms with E-state index < -0.39 is 0 Å². The molecule has 14 rings (SSSR count). The van der Waals surface area contributed by atoms with E-state index >= 15 is 0 Å². The monoisotopic (exact) mass is 770 g/mol. The van der Waals surface area contributed by atoms with Crippen molar-refractivity contribution in [3.63, 3.8) is 0 Å². The van der Waals surface area contributed by atoms with Crippen LogP contribution in [0, 0.1) is 23.7 Å². The standard InChI is InChI=1S/C58H46N2/c1-3-15-40(16-4-1)46-19-8-12-24-54(46)60(45-28-30-57-51(37-45)50-22-10-14-26-56(50)59(57)44-17-5-2-6-18-44)55-25-13-9-20-47(55)41-27-29-49-48-21-7-11-23-52(48)58(53(49)36-41)42-32-38-31-39(34-42)35-43(58)33-38/h1-30,36-39,42-43H,31-35H2. The van der Waals surface area contributed by atoms with E-state index in [-0.39, 0.29) is 5.41 Å². The van der Waals surface area contributed by atoms with E-state index in [1.165, 1.54) is 98.7 Å². The average Bonchev–Trinajstić information content (AvgIpc) is 3.79. The zero-order valence-corrected chi connectivity index (χ0v) is 33.7. The number of fused-ring (bicyclic) bond motifs is 6. The topological polar surface area (TPSA) is 8.17 Å². The molecule has 4 saturated carbocycles. The molecular weight excluding hydrogens is 725 g/mol. The van der Waals surface area contributed by atoms with Gasteiger partial charge >= 0.3 is 0 Å². The van der Waals surface area contributed by atoms with E-state index in [1.54, 1.807) is 11.1 Å². The summed E-state index contributed by atoms with van der Waals surface area (Å²) in [6, 6.07) is 72.8. The van der Waals surface area contributed by atoms with Crippen LogP contribution in [0.3, 0.4) is 0 Å². The highest BCUT2D eigenvalue weighted by molar-refractivity contribution is 6.11. The van der Waals surface area contributed by atoms with Crippen molar-refractivity contribution in [2.45, 2.75) is 37.5 Å². The van der Waals surface area contributed by atoms with Gasteiger partial charge < -0.3 is 9.47 Å². The second-order valence-corrected chi connectivity index (χ2v) is 18.1. The fourth-order valence-electron chi connectivity index (χ4n) is 13.1. The second-order valence-electron chi connectivity index (χ2n) is 18.1. The first-order valence-electron chi connectivity index (χ1n) is 22.1. The first-order chi connectivity index (χ1) is 29.7. The Morgan fingerprint density at radius 1 is 0.400 bits per heavy atom. The summed E-state index contributed by atoms with van der Waals surface area (Å²) in [5, 5.41) is 2.49. The lowest BCUT2D eigenvalue weighted by molar-refractivity contribution is -0.0399. The predicted octanol–water partition coefficient (Wildman–Crippen LogP) is 15.3. The van der Waals surface area contributed by atoms with Gasteiger partial charge in [-0.1, -0.05) is 140 Å². The number of anilines is 3. The Balaban J connectivity index is 1.04. The van der Waals surface area contributed by atoms with Gasteiger partial charge in [-0.2, -0.15) is 0 Å². The largest absolute Gasteiger partial charge is 0.309 e. The van der Waals surface area contributed by atoms with Gasteiger partial charge in [0.15, 0.2) is 0 Å².